The SMILES string of the molecule is CCCN(C(=O)c1cccc(N(CCC(N)=O)C(=O)c2ccccc2)c1)c1c(C)cc(C(F)(C(F)(F)F)C(F)(F)F)cc1C. The topological polar surface area (TPSA) is 83.7 Å². The fourth-order valence-corrected chi connectivity index (χ4v) is 4.88. The smallest absolute Gasteiger partial charge is 0.370 e. The summed E-state index contributed by atoms with van der Waals surface area (Å²) in [5, 5.41) is 0. The number of alkyl halides is 7. The van der Waals surface area contributed by atoms with Gasteiger partial charge in [0.25, 0.3) is 11.8 Å². The first-order chi connectivity index (χ1) is 20.4. The molecular formula is C31H30F7N3O3. The molecule has 0 spiro atoms. The predicted molar refractivity (Wildman–Crippen MR) is 151 cm³/mol. The predicted octanol–water partition coefficient (Wildman–Crippen LogP) is 7.17. The van der Waals surface area contributed by atoms with Crippen LogP contribution in [0.5, 0.6) is 0 Å². The van der Waals surface area contributed by atoms with Gasteiger partial charge in [-0.2, -0.15) is 26.3 Å². The summed E-state index contributed by atoms with van der Waals surface area (Å²) in [7, 11) is 0. The van der Waals surface area contributed by atoms with E-state index in [1.807, 2.05) is 0 Å². The summed E-state index contributed by atoms with van der Waals surface area (Å²) in [5.74, 6) is -1.82. The zero-order valence-corrected chi connectivity index (χ0v) is 24.0. The van der Waals surface area contributed by atoms with Gasteiger partial charge in [0.2, 0.25) is 5.91 Å². The van der Waals surface area contributed by atoms with Gasteiger partial charge < -0.3 is 15.5 Å². The number of nitrogens with zero attached hydrogens (tertiary/aromatic N) is 2. The average molecular weight is 626 g/mol. The Balaban J connectivity index is 2.09. The molecule has 3 rings (SSSR count). The van der Waals surface area contributed by atoms with Crippen LogP contribution in [0.4, 0.5) is 42.1 Å². The van der Waals surface area contributed by atoms with Crippen LogP contribution in [-0.4, -0.2) is 43.2 Å². The number of aryl methyl sites for hydroxylation is 2. The molecule has 0 fully saturated rings. The summed E-state index contributed by atoms with van der Waals surface area (Å²) >= 11 is 0. The van der Waals surface area contributed by atoms with E-state index in [1.165, 1.54) is 47.9 Å². The van der Waals surface area contributed by atoms with E-state index in [0.717, 1.165) is 0 Å². The molecule has 0 bridgehead atoms. The van der Waals surface area contributed by atoms with Gasteiger partial charge in [-0.1, -0.05) is 43.3 Å². The number of carbonyl (C=O) groups excluding carboxylic acids is 3. The molecule has 0 radical (unpaired) electrons. The van der Waals surface area contributed by atoms with Crippen LogP contribution in [-0.2, 0) is 10.5 Å². The average Bonchev–Trinajstić information content (AvgIpc) is 2.94. The maximum atomic E-state index is 14.8. The van der Waals surface area contributed by atoms with E-state index in [1.54, 1.807) is 37.3 Å². The lowest BCUT2D eigenvalue weighted by Crippen LogP contribution is -2.50. The van der Waals surface area contributed by atoms with E-state index < -0.39 is 41.3 Å². The number of hydrogen-bond acceptors (Lipinski definition) is 3. The number of carbonyl (C=O) groups is 3. The number of benzene rings is 3. The van der Waals surface area contributed by atoms with Crippen molar-refractivity contribution in [3.8, 4) is 0 Å². The number of amides is 3. The van der Waals surface area contributed by atoms with Crippen molar-refractivity contribution in [2.45, 2.75) is 51.6 Å². The number of hydrogen-bond donors (Lipinski definition) is 1. The molecule has 0 aliphatic heterocycles. The third kappa shape index (κ3) is 6.87. The van der Waals surface area contributed by atoms with Gasteiger partial charge in [0, 0.05) is 47.6 Å². The van der Waals surface area contributed by atoms with Gasteiger partial charge in [0.1, 0.15) is 0 Å². The molecule has 0 aromatic heterocycles. The number of anilines is 2. The highest BCUT2D eigenvalue weighted by Gasteiger charge is 2.73. The lowest BCUT2D eigenvalue weighted by atomic mass is 9.90. The Morgan fingerprint density at radius 2 is 1.23 bits per heavy atom. The van der Waals surface area contributed by atoms with Gasteiger partial charge in [-0.25, -0.2) is 4.39 Å². The Morgan fingerprint density at radius 3 is 1.73 bits per heavy atom. The zero-order valence-electron chi connectivity index (χ0n) is 24.0. The van der Waals surface area contributed by atoms with Gasteiger partial charge in [-0.15, -0.1) is 0 Å². The number of rotatable bonds is 10. The minimum Gasteiger partial charge on any atom is -0.370 e. The number of halogens is 7. The molecule has 6 nitrogen and oxygen atoms in total. The number of nitrogens with two attached hydrogens (primary N) is 1. The van der Waals surface area contributed by atoms with Crippen molar-refractivity contribution in [1.29, 1.82) is 0 Å². The Morgan fingerprint density at radius 1 is 0.705 bits per heavy atom. The Labute approximate surface area is 249 Å². The molecular weight excluding hydrogens is 595 g/mol. The molecule has 0 atom stereocenters. The zero-order chi connectivity index (χ0) is 33.0. The molecule has 236 valence electrons. The standard InChI is InChI=1S/C31H30F7N3O3/c1-4-14-41(26-19(2)16-23(17-20(26)3)29(32,30(33,34)35)31(36,37)38)28(44)22-11-8-12-24(18-22)40(15-13-25(39)42)27(43)21-9-6-5-7-10-21/h5-12,16-18H,4,13-15H2,1-3H3,(H2,39,42). The molecule has 0 aliphatic rings. The third-order valence-corrected chi connectivity index (χ3v) is 6.88. The van der Waals surface area contributed by atoms with Crippen molar-refractivity contribution in [1.82, 2.24) is 0 Å². The third-order valence-electron chi connectivity index (χ3n) is 6.88. The number of primary amides is 1. The molecule has 0 saturated heterocycles. The van der Waals surface area contributed by atoms with E-state index in [2.05, 4.69) is 0 Å². The summed E-state index contributed by atoms with van der Waals surface area (Å²) in [6.45, 7) is 3.99. The minimum absolute atomic E-state index is 0.0116. The van der Waals surface area contributed by atoms with Gasteiger partial charge in [-0.05, 0) is 61.7 Å². The molecule has 0 aliphatic carbocycles. The highest BCUT2D eigenvalue weighted by molar-refractivity contribution is 6.09. The van der Waals surface area contributed by atoms with E-state index in [4.69, 9.17) is 5.73 Å². The van der Waals surface area contributed by atoms with Crippen molar-refractivity contribution in [3.63, 3.8) is 0 Å². The fraction of sp³-hybridized carbons (Fsp3) is 0.323. The van der Waals surface area contributed by atoms with E-state index in [0.29, 0.717) is 24.1 Å². The fourth-order valence-electron chi connectivity index (χ4n) is 4.88. The summed E-state index contributed by atoms with van der Waals surface area (Å²) in [6.07, 6.45) is -12.4. The van der Waals surface area contributed by atoms with Crippen molar-refractivity contribution in [2.24, 2.45) is 5.73 Å². The molecule has 0 unspecified atom stereocenters. The highest BCUT2D eigenvalue weighted by atomic mass is 19.4. The summed E-state index contributed by atoms with van der Waals surface area (Å²) in [6, 6.07) is 14.8. The Bertz CT molecular complexity index is 1480. The molecule has 3 amide bonds. The van der Waals surface area contributed by atoms with Crippen LogP contribution in [0, 0.1) is 13.8 Å². The second-order valence-electron chi connectivity index (χ2n) is 10.2. The van der Waals surface area contributed by atoms with E-state index >= 15 is 0 Å². The van der Waals surface area contributed by atoms with Gasteiger partial charge in [0.05, 0.1) is 0 Å². The Kier molecular flexibility index (Phi) is 10.1. The van der Waals surface area contributed by atoms with Crippen LogP contribution in [0.25, 0.3) is 0 Å². The maximum absolute atomic E-state index is 14.8. The minimum atomic E-state index is -6.29. The molecule has 3 aromatic rings. The monoisotopic (exact) mass is 625 g/mol. The molecule has 13 heteroatoms. The van der Waals surface area contributed by atoms with Crippen molar-refractivity contribution < 1.29 is 45.1 Å². The summed E-state index contributed by atoms with van der Waals surface area (Å²) in [5.41, 5.74) is -1.74. The van der Waals surface area contributed by atoms with Crippen molar-refractivity contribution >= 4 is 29.1 Å². The van der Waals surface area contributed by atoms with Crippen molar-refractivity contribution in [2.75, 3.05) is 22.9 Å². The molecule has 2 N–H and O–H groups in total. The highest BCUT2D eigenvalue weighted by Crippen LogP contribution is 2.54. The molecule has 44 heavy (non-hydrogen) atoms. The Hall–Kier alpha value is -4.42. The summed E-state index contributed by atoms with van der Waals surface area (Å²) in [4.78, 5) is 41.1. The summed E-state index contributed by atoms with van der Waals surface area (Å²) < 4.78 is 95.4. The van der Waals surface area contributed by atoms with Gasteiger partial charge >= 0.3 is 18.0 Å². The second-order valence-corrected chi connectivity index (χ2v) is 10.2. The first-order valence-electron chi connectivity index (χ1n) is 13.4. The van der Waals surface area contributed by atoms with Crippen LogP contribution in [0.1, 0.15) is 57.2 Å². The molecule has 0 heterocycles. The second kappa shape index (κ2) is 13.1. The lowest BCUT2D eigenvalue weighted by molar-refractivity contribution is -0.348. The first kappa shape index (κ1) is 34.1. The maximum Gasteiger partial charge on any atom is 0.435 e. The quantitative estimate of drug-likeness (QED) is 0.243. The van der Waals surface area contributed by atoms with Gasteiger partial charge in [-0.3, -0.25) is 14.4 Å². The van der Waals surface area contributed by atoms with Crippen LogP contribution in [0.15, 0.2) is 66.7 Å². The normalized spacial score (nSPS) is 12.1. The van der Waals surface area contributed by atoms with Crippen LogP contribution >= 0.6 is 0 Å². The molecule has 3 aromatic carbocycles. The largest absolute Gasteiger partial charge is 0.435 e. The van der Waals surface area contributed by atoms with Crippen LogP contribution in [0.2, 0.25) is 0 Å². The molecule has 0 saturated carbocycles. The van der Waals surface area contributed by atoms with Crippen LogP contribution in [0.3, 0.4) is 0 Å². The first-order valence-corrected chi connectivity index (χ1v) is 13.4. The lowest BCUT2D eigenvalue weighted by Gasteiger charge is -2.32. The van der Waals surface area contributed by atoms with Crippen LogP contribution < -0.4 is 15.5 Å². The van der Waals surface area contributed by atoms with Gasteiger partial charge in [0.15, 0.2) is 0 Å². The van der Waals surface area contributed by atoms with Crippen molar-refractivity contribution in [3.05, 3.63) is 94.5 Å². The van der Waals surface area contributed by atoms with E-state index in [-0.39, 0.29) is 47.6 Å². The van der Waals surface area contributed by atoms with E-state index in [9.17, 15) is 45.1 Å².